The van der Waals surface area contributed by atoms with Crippen LogP contribution < -0.4 is 10.6 Å². The molecule has 0 bridgehead atoms. The molecule has 0 aromatic carbocycles. The van der Waals surface area contributed by atoms with Gasteiger partial charge in [-0.15, -0.1) is 0 Å². The number of hydrogen-bond acceptors (Lipinski definition) is 3. The molecule has 6 nitrogen and oxygen atoms in total. The van der Waals surface area contributed by atoms with Crippen molar-refractivity contribution in [3.05, 3.63) is 12.7 Å². The number of rotatable bonds is 6. The highest BCUT2D eigenvalue weighted by atomic mass is 16.4. The lowest BCUT2D eigenvalue weighted by molar-refractivity contribution is -0.140. The molecule has 0 spiro atoms. The number of nitrogens with one attached hydrogen (secondary N) is 2. The first kappa shape index (κ1) is 12.2. The largest absolute Gasteiger partial charge is 0.481 e. The smallest absolute Gasteiger partial charge is 0.307 e. The van der Waals surface area contributed by atoms with Crippen LogP contribution in [0.2, 0.25) is 0 Å². The molecular formula is C10H14N2O4. The zero-order valence-electron chi connectivity index (χ0n) is 8.73. The maximum absolute atomic E-state index is 11.3. The van der Waals surface area contributed by atoms with E-state index in [0.29, 0.717) is 19.5 Å². The fraction of sp³-hybridized carbons (Fsp3) is 0.500. The molecule has 1 saturated carbocycles. The molecule has 2 atom stereocenters. The lowest BCUT2D eigenvalue weighted by Gasteiger charge is -2.04. The Labute approximate surface area is 92.7 Å². The quantitative estimate of drug-likeness (QED) is 0.405. The van der Waals surface area contributed by atoms with Gasteiger partial charge in [0.25, 0.3) is 0 Å². The summed E-state index contributed by atoms with van der Waals surface area (Å²) >= 11 is 0. The minimum atomic E-state index is -0.930. The molecule has 16 heavy (non-hydrogen) atoms. The highest BCUT2D eigenvalue weighted by Gasteiger charge is 2.48. The molecule has 0 heterocycles. The van der Waals surface area contributed by atoms with E-state index in [-0.39, 0.29) is 11.8 Å². The Hall–Kier alpha value is -1.85. The highest BCUT2D eigenvalue weighted by Crippen LogP contribution is 2.38. The van der Waals surface area contributed by atoms with Gasteiger partial charge in [-0.1, -0.05) is 6.58 Å². The Balaban J connectivity index is 2.10. The van der Waals surface area contributed by atoms with Crippen molar-refractivity contribution < 1.29 is 19.5 Å². The van der Waals surface area contributed by atoms with E-state index in [4.69, 9.17) is 5.11 Å². The van der Waals surface area contributed by atoms with Crippen molar-refractivity contribution in [2.75, 3.05) is 13.1 Å². The van der Waals surface area contributed by atoms with Crippen LogP contribution in [0, 0.1) is 11.8 Å². The van der Waals surface area contributed by atoms with Crippen LogP contribution in [0.3, 0.4) is 0 Å². The summed E-state index contributed by atoms with van der Waals surface area (Å²) in [6.45, 7) is 3.88. The van der Waals surface area contributed by atoms with E-state index in [0.717, 1.165) is 6.08 Å². The molecule has 1 rings (SSSR count). The van der Waals surface area contributed by atoms with Crippen molar-refractivity contribution >= 4 is 17.8 Å². The molecular weight excluding hydrogens is 212 g/mol. The van der Waals surface area contributed by atoms with Crippen LogP contribution in [0.4, 0.5) is 0 Å². The Kier molecular flexibility index (Phi) is 4.04. The van der Waals surface area contributed by atoms with E-state index in [9.17, 15) is 14.4 Å². The summed E-state index contributed by atoms with van der Waals surface area (Å²) in [5.41, 5.74) is 0. The first-order valence-electron chi connectivity index (χ1n) is 4.97. The second-order valence-electron chi connectivity index (χ2n) is 3.57. The van der Waals surface area contributed by atoms with Gasteiger partial charge in [-0.2, -0.15) is 0 Å². The lowest BCUT2D eigenvalue weighted by atomic mass is 10.3. The summed E-state index contributed by atoms with van der Waals surface area (Å²) in [4.78, 5) is 32.5. The maximum atomic E-state index is 11.3. The van der Waals surface area contributed by atoms with E-state index < -0.39 is 17.8 Å². The number of aliphatic carboxylic acids is 1. The minimum Gasteiger partial charge on any atom is -0.481 e. The van der Waals surface area contributed by atoms with Gasteiger partial charge in [-0.25, -0.2) is 0 Å². The fourth-order valence-corrected chi connectivity index (χ4v) is 1.33. The molecule has 1 fully saturated rings. The van der Waals surface area contributed by atoms with E-state index in [1.54, 1.807) is 0 Å². The molecule has 0 saturated heterocycles. The maximum Gasteiger partial charge on any atom is 0.307 e. The molecule has 2 amide bonds. The Bertz CT molecular complexity index is 327. The van der Waals surface area contributed by atoms with Gasteiger partial charge in [0, 0.05) is 13.1 Å². The summed E-state index contributed by atoms with van der Waals surface area (Å²) in [6, 6.07) is 0. The van der Waals surface area contributed by atoms with Crippen molar-refractivity contribution in [2.45, 2.75) is 6.42 Å². The highest BCUT2D eigenvalue weighted by molar-refractivity contribution is 5.89. The zero-order chi connectivity index (χ0) is 12.1. The van der Waals surface area contributed by atoms with Gasteiger partial charge in [-0.05, 0) is 12.5 Å². The van der Waals surface area contributed by atoms with E-state index in [2.05, 4.69) is 17.2 Å². The normalized spacial score (nSPS) is 22.0. The van der Waals surface area contributed by atoms with Crippen LogP contribution in [-0.4, -0.2) is 36.0 Å². The van der Waals surface area contributed by atoms with E-state index in [1.807, 2.05) is 0 Å². The molecule has 1 aliphatic carbocycles. The first-order chi connectivity index (χ1) is 7.56. The summed E-state index contributed by atoms with van der Waals surface area (Å²) in [5, 5.41) is 13.7. The van der Waals surface area contributed by atoms with Crippen molar-refractivity contribution in [2.24, 2.45) is 11.8 Å². The number of amides is 2. The summed E-state index contributed by atoms with van der Waals surface area (Å²) in [7, 11) is 0. The third-order valence-electron chi connectivity index (χ3n) is 2.35. The number of carbonyl (C=O) groups excluding carboxylic acids is 2. The van der Waals surface area contributed by atoms with E-state index >= 15 is 0 Å². The molecule has 0 unspecified atom stereocenters. The van der Waals surface area contributed by atoms with Crippen molar-refractivity contribution in [1.29, 1.82) is 0 Å². The molecule has 6 heteroatoms. The van der Waals surface area contributed by atoms with Crippen LogP contribution >= 0.6 is 0 Å². The molecule has 0 aromatic rings. The third kappa shape index (κ3) is 3.38. The minimum absolute atomic E-state index is 0.264. The fourth-order valence-electron chi connectivity index (χ4n) is 1.33. The van der Waals surface area contributed by atoms with Crippen molar-refractivity contribution in [1.82, 2.24) is 10.6 Å². The first-order valence-corrected chi connectivity index (χ1v) is 4.97. The molecule has 0 radical (unpaired) electrons. The van der Waals surface area contributed by atoms with Crippen molar-refractivity contribution in [3.63, 3.8) is 0 Å². The van der Waals surface area contributed by atoms with Gasteiger partial charge >= 0.3 is 5.97 Å². The SMILES string of the molecule is C=CC(=O)NCCNC(=O)[C@H]1C[C@@H]1C(=O)O. The Morgan fingerprint density at radius 3 is 2.38 bits per heavy atom. The average molecular weight is 226 g/mol. The monoisotopic (exact) mass is 226 g/mol. The summed E-state index contributed by atoms with van der Waals surface area (Å²) in [5.74, 6) is -2.44. The summed E-state index contributed by atoms with van der Waals surface area (Å²) < 4.78 is 0. The predicted octanol–water partition coefficient (Wildman–Crippen LogP) is -0.874. The van der Waals surface area contributed by atoms with Gasteiger partial charge < -0.3 is 15.7 Å². The second kappa shape index (κ2) is 5.29. The average Bonchev–Trinajstić information content (AvgIpc) is 3.03. The topological polar surface area (TPSA) is 95.5 Å². The second-order valence-corrected chi connectivity index (χ2v) is 3.57. The third-order valence-corrected chi connectivity index (χ3v) is 2.35. The van der Waals surface area contributed by atoms with Gasteiger partial charge in [0.05, 0.1) is 11.8 Å². The van der Waals surface area contributed by atoms with Crippen LogP contribution in [0.1, 0.15) is 6.42 Å². The molecule has 0 aromatic heterocycles. The Morgan fingerprint density at radius 2 is 1.88 bits per heavy atom. The number of carboxylic acid groups (broad SMARTS) is 1. The zero-order valence-corrected chi connectivity index (χ0v) is 8.73. The molecule has 3 N–H and O–H groups in total. The summed E-state index contributed by atoms with van der Waals surface area (Å²) in [6.07, 6.45) is 1.54. The van der Waals surface area contributed by atoms with Crippen LogP contribution in [-0.2, 0) is 14.4 Å². The van der Waals surface area contributed by atoms with Crippen LogP contribution in [0.25, 0.3) is 0 Å². The van der Waals surface area contributed by atoms with Gasteiger partial charge in [0.15, 0.2) is 0 Å². The van der Waals surface area contributed by atoms with Gasteiger partial charge in [0.2, 0.25) is 11.8 Å². The van der Waals surface area contributed by atoms with Crippen LogP contribution in [0.15, 0.2) is 12.7 Å². The van der Waals surface area contributed by atoms with Crippen LogP contribution in [0.5, 0.6) is 0 Å². The van der Waals surface area contributed by atoms with E-state index in [1.165, 1.54) is 0 Å². The molecule has 88 valence electrons. The Morgan fingerprint density at radius 1 is 1.25 bits per heavy atom. The predicted molar refractivity (Wildman–Crippen MR) is 55.4 cm³/mol. The van der Waals surface area contributed by atoms with Crippen molar-refractivity contribution in [3.8, 4) is 0 Å². The van der Waals surface area contributed by atoms with Gasteiger partial charge in [-0.3, -0.25) is 14.4 Å². The molecule has 1 aliphatic rings. The standard InChI is InChI=1S/C10H14N2O4/c1-2-8(13)11-3-4-12-9(14)6-5-7(6)10(15)16/h2,6-7H,1,3-5H2,(H,11,13)(H,12,14)(H,15,16)/t6-,7-/m0/s1. The number of hydrogen-bond donors (Lipinski definition) is 3. The number of carbonyl (C=O) groups is 3. The lowest BCUT2D eigenvalue weighted by Crippen LogP contribution is -2.35. The van der Waals surface area contributed by atoms with Gasteiger partial charge in [0.1, 0.15) is 0 Å². The molecule has 0 aliphatic heterocycles. The number of carboxylic acids is 1.